The number of aryl methyl sites for hydroxylation is 1. The summed E-state index contributed by atoms with van der Waals surface area (Å²) in [6.07, 6.45) is 0. The summed E-state index contributed by atoms with van der Waals surface area (Å²) in [5.41, 5.74) is 3.28. The summed E-state index contributed by atoms with van der Waals surface area (Å²) in [6, 6.07) is 13.9. The number of alkyl halides is 1. The second-order valence-electron chi connectivity index (χ2n) is 4.39. The molecule has 0 amide bonds. The molecule has 0 unspecified atom stereocenters. The number of hydrogen-bond donors (Lipinski definition) is 0. The van der Waals surface area contributed by atoms with Gasteiger partial charge >= 0.3 is 0 Å². The highest BCUT2D eigenvalue weighted by Crippen LogP contribution is 2.22. The molecule has 19 heavy (non-hydrogen) atoms. The van der Waals surface area contributed by atoms with Crippen LogP contribution in [0.2, 0.25) is 0 Å². The number of methoxy groups -OCH3 is 1. The van der Waals surface area contributed by atoms with E-state index < -0.39 is 0 Å². The first-order valence-corrected chi connectivity index (χ1v) is 6.67. The van der Waals surface area contributed by atoms with Crippen LogP contribution in [0.3, 0.4) is 0 Å². The molecule has 2 aromatic rings. The highest BCUT2D eigenvalue weighted by Gasteiger charge is 2.04. The van der Waals surface area contributed by atoms with E-state index in [-0.39, 0.29) is 0 Å². The summed E-state index contributed by atoms with van der Waals surface area (Å²) in [4.78, 5) is 0. The van der Waals surface area contributed by atoms with Gasteiger partial charge in [0, 0.05) is 11.4 Å². The molecule has 0 aromatic heterocycles. The first-order valence-electron chi connectivity index (χ1n) is 6.14. The Balaban J connectivity index is 2.11. The average molecular weight is 277 g/mol. The lowest BCUT2D eigenvalue weighted by molar-refractivity contribution is 0.296. The van der Waals surface area contributed by atoms with Crippen LogP contribution in [0.1, 0.15) is 16.7 Å². The van der Waals surface area contributed by atoms with Gasteiger partial charge in [-0.3, -0.25) is 0 Å². The molecule has 0 bridgehead atoms. The SMILES string of the molecule is COc1ccc(C)cc1COc1cccc(CCl)c1. The zero-order valence-corrected chi connectivity index (χ0v) is 11.9. The summed E-state index contributed by atoms with van der Waals surface area (Å²) < 4.78 is 11.1. The molecule has 0 atom stereocenters. The lowest BCUT2D eigenvalue weighted by atomic mass is 10.1. The monoisotopic (exact) mass is 276 g/mol. The topological polar surface area (TPSA) is 18.5 Å². The molecule has 0 N–H and O–H groups in total. The van der Waals surface area contributed by atoms with Gasteiger partial charge in [-0.2, -0.15) is 0 Å². The normalized spacial score (nSPS) is 10.3. The zero-order valence-electron chi connectivity index (χ0n) is 11.2. The molecule has 0 heterocycles. The number of halogens is 1. The third-order valence-electron chi connectivity index (χ3n) is 2.88. The molecule has 0 spiro atoms. The van der Waals surface area contributed by atoms with Gasteiger partial charge in [0.25, 0.3) is 0 Å². The molecule has 0 aliphatic carbocycles. The van der Waals surface area contributed by atoms with E-state index in [9.17, 15) is 0 Å². The fourth-order valence-electron chi connectivity index (χ4n) is 1.90. The van der Waals surface area contributed by atoms with Crippen LogP contribution < -0.4 is 9.47 Å². The van der Waals surface area contributed by atoms with E-state index in [0.29, 0.717) is 12.5 Å². The molecular formula is C16H17ClO2. The van der Waals surface area contributed by atoms with Crippen molar-refractivity contribution in [2.45, 2.75) is 19.4 Å². The summed E-state index contributed by atoms with van der Waals surface area (Å²) in [5.74, 6) is 2.16. The van der Waals surface area contributed by atoms with Gasteiger partial charge in [0.1, 0.15) is 18.1 Å². The fourth-order valence-corrected chi connectivity index (χ4v) is 2.07. The van der Waals surface area contributed by atoms with Crippen LogP contribution in [0, 0.1) is 6.92 Å². The minimum Gasteiger partial charge on any atom is -0.496 e. The molecule has 100 valence electrons. The smallest absolute Gasteiger partial charge is 0.125 e. The number of hydrogen-bond acceptors (Lipinski definition) is 2. The van der Waals surface area contributed by atoms with Crippen molar-refractivity contribution in [2.24, 2.45) is 0 Å². The summed E-state index contributed by atoms with van der Waals surface area (Å²) in [7, 11) is 1.67. The second-order valence-corrected chi connectivity index (χ2v) is 4.65. The van der Waals surface area contributed by atoms with E-state index in [1.165, 1.54) is 5.56 Å². The Morgan fingerprint density at radius 3 is 2.68 bits per heavy atom. The van der Waals surface area contributed by atoms with E-state index in [1.807, 2.05) is 36.4 Å². The van der Waals surface area contributed by atoms with Crippen LogP contribution in [-0.2, 0) is 12.5 Å². The maximum atomic E-state index is 5.81. The molecule has 0 saturated heterocycles. The van der Waals surface area contributed by atoms with Gasteiger partial charge in [0.05, 0.1) is 7.11 Å². The third kappa shape index (κ3) is 3.65. The highest BCUT2D eigenvalue weighted by molar-refractivity contribution is 6.17. The maximum Gasteiger partial charge on any atom is 0.125 e. The molecular weight excluding hydrogens is 260 g/mol. The van der Waals surface area contributed by atoms with Crippen LogP contribution >= 0.6 is 11.6 Å². The maximum absolute atomic E-state index is 5.81. The Kier molecular flexibility index (Phi) is 4.69. The molecule has 2 aromatic carbocycles. The van der Waals surface area contributed by atoms with E-state index >= 15 is 0 Å². The Morgan fingerprint density at radius 1 is 1.11 bits per heavy atom. The van der Waals surface area contributed by atoms with Crippen LogP contribution in [0.4, 0.5) is 0 Å². The second kappa shape index (κ2) is 6.48. The van der Waals surface area contributed by atoms with Gasteiger partial charge in [-0.15, -0.1) is 11.6 Å². The summed E-state index contributed by atoms with van der Waals surface area (Å²) in [5, 5.41) is 0. The van der Waals surface area contributed by atoms with Gasteiger partial charge in [0.15, 0.2) is 0 Å². The standard InChI is InChI=1S/C16H17ClO2/c1-12-6-7-16(18-2)14(8-12)11-19-15-5-3-4-13(9-15)10-17/h3-9H,10-11H2,1-2H3. The Morgan fingerprint density at radius 2 is 1.95 bits per heavy atom. The van der Waals surface area contributed by atoms with Gasteiger partial charge in [0.2, 0.25) is 0 Å². The Labute approximate surface area is 118 Å². The van der Waals surface area contributed by atoms with Crippen molar-refractivity contribution >= 4 is 11.6 Å². The lowest BCUT2D eigenvalue weighted by Crippen LogP contribution is -1.99. The van der Waals surface area contributed by atoms with E-state index in [1.54, 1.807) is 7.11 Å². The lowest BCUT2D eigenvalue weighted by Gasteiger charge is -2.11. The van der Waals surface area contributed by atoms with Gasteiger partial charge in [-0.05, 0) is 36.8 Å². The van der Waals surface area contributed by atoms with E-state index in [0.717, 1.165) is 22.6 Å². The van der Waals surface area contributed by atoms with Crippen LogP contribution in [-0.4, -0.2) is 7.11 Å². The van der Waals surface area contributed by atoms with Crippen molar-refractivity contribution in [1.82, 2.24) is 0 Å². The van der Waals surface area contributed by atoms with Crippen LogP contribution in [0.25, 0.3) is 0 Å². The van der Waals surface area contributed by atoms with Crippen molar-refractivity contribution in [2.75, 3.05) is 7.11 Å². The minimum absolute atomic E-state index is 0.483. The number of benzene rings is 2. The quantitative estimate of drug-likeness (QED) is 0.757. The van der Waals surface area contributed by atoms with Crippen molar-refractivity contribution in [3.05, 3.63) is 59.2 Å². The van der Waals surface area contributed by atoms with Gasteiger partial charge in [-0.1, -0.05) is 23.8 Å². The zero-order chi connectivity index (χ0) is 13.7. The molecule has 3 heteroatoms. The van der Waals surface area contributed by atoms with Crippen molar-refractivity contribution in [1.29, 1.82) is 0 Å². The van der Waals surface area contributed by atoms with Gasteiger partial charge in [-0.25, -0.2) is 0 Å². The first-order chi connectivity index (χ1) is 9.22. The van der Waals surface area contributed by atoms with Crippen molar-refractivity contribution < 1.29 is 9.47 Å². The van der Waals surface area contributed by atoms with Crippen LogP contribution in [0.5, 0.6) is 11.5 Å². The number of rotatable bonds is 5. The first kappa shape index (κ1) is 13.8. The van der Waals surface area contributed by atoms with E-state index in [4.69, 9.17) is 21.1 Å². The largest absolute Gasteiger partial charge is 0.496 e. The molecule has 0 fully saturated rings. The third-order valence-corrected chi connectivity index (χ3v) is 3.19. The molecule has 2 nitrogen and oxygen atoms in total. The predicted octanol–water partition coefficient (Wildman–Crippen LogP) is 4.32. The molecule has 0 radical (unpaired) electrons. The molecule has 2 rings (SSSR count). The predicted molar refractivity (Wildman–Crippen MR) is 78.1 cm³/mol. The average Bonchev–Trinajstić information content (AvgIpc) is 2.45. The van der Waals surface area contributed by atoms with Crippen molar-refractivity contribution in [3.8, 4) is 11.5 Å². The highest BCUT2D eigenvalue weighted by atomic mass is 35.5. The molecule has 0 aliphatic heterocycles. The Bertz CT molecular complexity index is 552. The van der Waals surface area contributed by atoms with E-state index in [2.05, 4.69) is 13.0 Å². The van der Waals surface area contributed by atoms with Gasteiger partial charge < -0.3 is 9.47 Å². The Hall–Kier alpha value is -1.67. The minimum atomic E-state index is 0.483. The fraction of sp³-hybridized carbons (Fsp3) is 0.250. The molecule has 0 aliphatic rings. The summed E-state index contributed by atoms with van der Waals surface area (Å²) in [6.45, 7) is 2.54. The molecule has 0 saturated carbocycles. The number of ether oxygens (including phenoxy) is 2. The van der Waals surface area contributed by atoms with Crippen LogP contribution in [0.15, 0.2) is 42.5 Å². The van der Waals surface area contributed by atoms with Crippen molar-refractivity contribution in [3.63, 3.8) is 0 Å². The summed E-state index contributed by atoms with van der Waals surface area (Å²) >= 11 is 5.81.